The van der Waals surface area contributed by atoms with Gasteiger partial charge in [0.1, 0.15) is 11.6 Å². The van der Waals surface area contributed by atoms with Crippen LogP contribution in [-0.4, -0.2) is 18.7 Å². The maximum absolute atomic E-state index is 14.4. The van der Waals surface area contributed by atoms with Crippen molar-refractivity contribution >= 4 is 11.7 Å². The largest absolute Gasteiger partial charge is 0.358 e. The second-order valence-electron chi connectivity index (χ2n) is 5.19. The van der Waals surface area contributed by atoms with Crippen LogP contribution in [0.1, 0.15) is 15.9 Å². The monoisotopic (exact) mass is 328 g/mol. The van der Waals surface area contributed by atoms with Gasteiger partial charge in [0.15, 0.2) is 11.7 Å². The summed E-state index contributed by atoms with van der Waals surface area (Å²) in [4.78, 5) is 23.7. The number of nitriles is 1. The number of hydrogen-bond acceptors (Lipinski definition) is 3. The fraction of sp³-hybridized carbons (Fsp3) is 0.167. The Labute approximate surface area is 137 Å². The maximum Gasteiger partial charge on any atom is 0.245 e. The smallest absolute Gasteiger partial charge is 0.245 e. The SMILES string of the molecule is CNC(=O)[C@@H](C#N)C(=O)c1ccc(-c2ccc(F)cc2C)c(F)c1. The number of amides is 1. The molecule has 0 aliphatic rings. The molecule has 4 nitrogen and oxygen atoms in total. The number of nitrogens with zero attached hydrogens (tertiary/aromatic N) is 1. The van der Waals surface area contributed by atoms with Gasteiger partial charge in [-0.05, 0) is 36.2 Å². The van der Waals surface area contributed by atoms with E-state index < -0.39 is 29.2 Å². The standard InChI is InChI=1S/C18H14F2N2O2/c1-10-7-12(19)4-6-13(10)14-5-3-11(8-16(14)20)17(23)15(9-21)18(24)22-2/h3-8,15H,1-2H3,(H,22,24)/t15-/m0/s1. The van der Waals surface area contributed by atoms with Gasteiger partial charge in [-0.2, -0.15) is 5.26 Å². The van der Waals surface area contributed by atoms with E-state index in [0.717, 1.165) is 6.07 Å². The summed E-state index contributed by atoms with van der Waals surface area (Å²) in [6.45, 7) is 1.65. The first-order valence-corrected chi connectivity index (χ1v) is 7.10. The third-order valence-electron chi connectivity index (χ3n) is 3.63. The molecule has 2 aromatic rings. The van der Waals surface area contributed by atoms with Gasteiger partial charge in [0, 0.05) is 18.2 Å². The van der Waals surface area contributed by atoms with Crippen molar-refractivity contribution in [2.24, 2.45) is 5.92 Å². The van der Waals surface area contributed by atoms with Gasteiger partial charge in [0.2, 0.25) is 5.91 Å². The van der Waals surface area contributed by atoms with Crippen molar-refractivity contribution in [2.75, 3.05) is 7.05 Å². The number of carbonyl (C=O) groups is 2. The first kappa shape index (κ1) is 17.3. The highest BCUT2D eigenvalue weighted by Crippen LogP contribution is 2.28. The normalized spacial score (nSPS) is 11.5. The molecule has 0 radical (unpaired) electrons. The van der Waals surface area contributed by atoms with Crippen LogP contribution in [0.3, 0.4) is 0 Å². The molecule has 0 aliphatic heterocycles. The lowest BCUT2D eigenvalue weighted by molar-refractivity contribution is -0.121. The van der Waals surface area contributed by atoms with Crippen molar-refractivity contribution in [3.63, 3.8) is 0 Å². The van der Waals surface area contributed by atoms with Gasteiger partial charge >= 0.3 is 0 Å². The highest BCUT2D eigenvalue weighted by molar-refractivity contribution is 6.12. The van der Waals surface area contributed by atoms with Crippen molar-refractivity contribution in [2.45, 2.75) is 6.92 Å². The summed E-state index contributed by atoms with van der Waals surface area (Å²) in [5.74, 6) is -4.18. The third-order valence-corrected chi connectivity index (χ3v) is 3.63. The van der Waals surface area contributed by atoms with Crippen LogP contribution in [0.2, 0.25) is 0 Å². The molecule has 1 atom stereocenters. The number of aryl methyl sites for hydroxylation is 1. The van der Waals surface area contributed by atoms with Crippen LogP contribution in [0, 0.1) is 35.8 Å². The lowest BCUT2D eigenvalue weighted by Gasteiger charge is -2.10. The zero-order chi connectivity index (χ0) is 17.9. The zero-order valence-electron chi connectivity index (χ0n) is 13.1. The number of nitrogens with one attached hydrogen (secondary N) is 1. The molecule has 2 rings (SSSR count). The van der Waals surface area contributed by atoms with E-state index in [0.29, 0.717) is 11.1 Å². The number of hydrogen-bond donors (Lipinski definition) is 1. The van der Waals surface area contributed by atoms with E-state index in [9.17, 15) is 18.4 Å². The predicted molar refractivity (Wildman–Crippen MR) is 84.0 cm³/mol. The molecule has 0 aromatic heterocycles. The van der Waals surface area contributed by atoms with Crippen molar-refractivity contribution in [3.05, 3.63) is 59.2 Å². The minimum Gasteiger partial charge on any atom is -0.358 e. The molecule has 0 spiro atoms. The van der Waals surface area contributed by atoms with Gasteiger partial charge in [-0.3, -0.25) is 9.59 Å². The second kappa shape index (κ2) is 7.01. The first-order valence-electron chi connectivity index (χ1n) is 7.10. The number of rotatable bonds is 4. The molecule has 0 fully saturated rings. The minimum absolute atomic E-state index is 0.0776. The van der Waals surface area contributed by atoms with Crippen molar-refractivity contribution in [3.8, 4) is 17.2 Å². The Kier molecular flexibility index (Phi) is 5.05. The summed E-state index contributed by atoms with van der Waals surface area (Å²) >= 11 is 0. The average molecular weight is 328 g/mol. The summed E-state index contributed by atoms with van der Waals surface area (Å²) < 4.78 is 27.6. The highest BCUT2D eigenvalue weighted by atomic mass is 19.1. The topological polar surface area (TPSA) is 70.0 Å². The van der Waals surface area contributed by atoms with E-state index in [4.69, 9.17) is 5.26 Å². The van der Waals surface area contributed by atoms with Crippen molar-refractivity contribution < 1.29 is 18.4 Å². The van der Waals surface area contributed by atoms with Crippen molar-refractivity contribution in [1.29, 1.82) is 5.26 Å². The molecule has 0 heterocycles. The molecule has 0 saturated carbocycles. The van der Waals surface area contributed by atoms with E-state index in [-0.39, 0.29) is 11.1 Å². The molecule has 1 N–H and O–H groups in total. The summed E-state index contributed by atoms with van der Waals surface area (Å²) in [6.07, 6.45) is 0. The molecule has 122 valence electrons. The Hall–Kier alpha value is -3.07. The summed E-state index contributed by atoms with van der Waals surface area (Å²) in [5, 5.41) is 11.2. The Morgan fingerprint density at radius 2 is 1.79 bits per heavy atom. The van der Waals surface area contributed by atoms with Crippen LogP contribution in [-0.2, 0) is 4.79 Å². The van der Waals surface area contributed by atoms with E-state index in [1.165, 1.54) is 37.4 Å². The lowest BCUT2D eigenvalue weighted by Crippen LogP contribution is -2.32. The van der Waals surface area contributed by atoms with E-state index in [1.807, 2.05) is 0 Å². The Balaban J connectivity index is 2.42. The second-order valence-corrected chi connectivity index (χ2v) is 5.19. The molecule has 1 amide bonds. The first-order chi connectivity index (χ1) is 11.4. The van der Waals surface area contributed by atoms with Gasteiger partial charge in [0.25, 0.3) is 0 Å². The highest BCUT2D eigenvalue weighted by Gasteiger charge is 2.27. The predicted octanol–water partition coefficient (Wildman–Crippen LogP) is 3.01. The van der Waals surface area contributed by atoms with Crippen LogP contribution in [0.25, 0.3) is 11.1 Å². The fourth-order valence-electron chi connectivity index (χ4n) is 2.36. The van der Waals surface area contributed by atoms with Gasteiger partial charge in [0.05, 0.1) is 6.07 Å². The molecule has 0 bridgehead atoms. The van der Waals surface area contributed by atoms with Crippen LogP contribution in [0.5, 0.6) is 0 Å². The van der Waals surface area contributed by atoms with Crippen LogP contribution in [0.4, 0.5) is 8.78 Å². The summed E-state index contributed by atoms with van der Waals surface area (Å²) in [6, 6.07) is 9.26. The molecular formula is C18H14F2N2O2. The Bertz CT molecular complexity index is 857. The van der Waals surface area contributed by atoms with Gasteiger partial charge in [-0.15, -0.1) is 0 Å². The van der Waals surface area contributed by atoms with Crippen molar-refractivity contribution in [1.82, 2.24) is 5.32 Å². The Morgan fingerprint density at radius 3 is 2.33 bits per heavy atom. The molecular weight excluding hydrogens is 314 g/mol. The average Bonchev–Trinajstić information content (AvgIpc) is 2.55. The molecule has 0 saturated heterocycles. The Morgan fingerprint density at radius 1 is 1.12 bits per heavy atom. The maximum atomic E-state index is 14.4. The fourth-order valence-corrected chi connectivity index (χ4v) is 2.36. The number of benzene rings is 2. The summed E-state index contributed by atoms with van der Waals surface area (Å²) in [7, 11) is 1.31. The zero-order valence-corrected chi connectivity index (χ0v) is 13.1. The van der Waals surface area contributed by atoms with Crippen LogP contribution in [0.15, 0.2) is 36.4 Å². The van der Waals surface area contributed by atoms with Crippen LogP contribution >= 0.6 is 0 Å². The van der Waals surface area contributed by atoms with Gasteiger partial charge in [-0.1, -0.05) is 18.2 Å². The quantitative estimate of drug-likeness (QED) is 0.693. The summed E-state index contributed by atoms with van der Waals surface area (Å²) in [5.41, 5.74) is 1.17. The van der Waals surface area contributed by atoms with Gasteiger partial charge < -0.3 is 5.32 Å². The number of ketones is 1. The lowest BCUT2D eigenvalue weighted by atomic mass is 9.94. The number of carbonyl (C=O) groups excluding carboxylic acids is 2. The minimum atomic E-state index is -1.53. The third kappa shape index (κ3) is 3.30. The molecule has 6 heteroatoms. The van der Waals surface area contributed by atoms with Gasteiger partial charge in [-0.25, -0.2) is 8.78 Å². The molecule has 0 aliphatic carbocycles. The number of Topliss-reactive ketones (excluding diaryl/α,β-unsaturated/α-hetero) is 1. The van der Waals surface area contributed by atoms with E-state index in [2.05, 4.69) is 5.32 Å². The van der Waals surface area contributed by atoms with Crippen LogP contribution < -0.4 is 5.32 Å². The molecule has 0 unspecified atom stereocenters. The number of halogens is 2. The van der Waals surface area contributed by atoms with E-state index >= 15 is 0 Å². The van der Waals surface area contributed by atoms with E-state index in [1.54, 1.807) is 13.0 Å². The molecule has 2 aromatic carbocycles. The molecule has 24 heavy (non-hydrogen) atoms.